The summed E-state index contributed by atoms with van der Waals surface area (Å²) in [6.45, 7) is 6.66. The van der Waals surface area contributed by atoms with E-state index in [0.717, 1.165) is 11.1 Å². The van der Waals surface area contributed by atoms with Gasteiger partial charge in [-0.15, -0.1) is 0 Å². The van der Waals surface area contributed by atoms with Crippen molar-refractivity contribution in [3.05, 3.63) is 59.7 Å². The van der Waals surface area contributed by atoms with Crippen LogP contribution in [0.1, 0.15) is 31.9 Å². The standard InChI is InChI=1S/C19H24N4/c1-19(2,3)17-10-8-15(9-11-17)16-7-5-6-14(12-16)13-22-23-18(20)21-4/h5-13H,1-4H3,(H3,20,21,23)/b22-13+. The van der Waals surface area contributed by atoms with Gasteiger partial charge >= 0.3 is 0 Å². The van der Waals surface area contributed by atoms with Crippen molar-refractivity contribution in [3.8, 4) is 11.1 Å². The zero-order chi connectivity index (χ0) is 16.9. The monoisotopic (exact) mass is 308 g/mol. The van der Waals surface area contributed by atoms with E-state index in [9.17, 15) is 0 Å². The van der Waals surface area contributed by atoms with Crippen LogP contribution in [-0.2, 0) is 5.41 Å². The van der Waals surface area contributed by atoms with Crippen LogP contribution < -0.4 is 11.2 Å². The highest BCUT2D eigenvalue weighted by molar-refractivity contribution is 5.84. The highest BCUT2D eigenvalue weighted by Gasteiger charge is 2.12. The van der Waals surface area contributed by atoms with E-state index in [-0.39, 0.29) is 11.4 Å². The summed E-state index contributed by atoms with van der Waals surface area (Å²) < 4.78 is 0. The summed E-state index contributed by atoms with van der Waals surface area (Å²) in [5.74, 6) is 0.287. The molecule has 0 unspecified atom stereocenters. The molecular weight excluding hydrogens is 284 g/mol. The summed E-state index contributed by atoms with van der Waals surface area (Å²) in [6, 6.07) is 16.9. The van der Waals surface area contributed by atoms with Crippen molar-refractivity contribution in [2.75, 3.05) is 7.05 Å². The average molecular weight is 308 g/mol. The van der Waals surface area contributed by atoms with E-state index in [1.807, 2.05) is 12.1 Å². The summed E-state index contributed by atoms with van der Waals surface area (Å²) >= 11 is 0. The van der Waals surface area contributed by atoms with Gasteiger partial charge in [0.05, 0.1) is 6.21 Å². The van der Waals surface area contributed by atoms with Gasteiger partial charge in [0.2, 0.25) is 5.96 Å². The molecule has 0 aromatic heterocycles. The zero-order valence-corrected chi connectivity index (χ0v) is 14.2. The molecule has 0 heterocycles. The van der Waals surface area contributed by atoms with Gasteiger partial charge in [-0.2, -0.15) is 5.10 Å². The van der Waals surface area contributed by atoms with Gasteiger partial charge in [0.25, 0.3) is 0 Å². The van der Waals surface area contributed by atoms with E-state index >= 15 is 0 Å². The summed E-state index contributed by atoms with van der Waals surface area (Å²) in [5, 5.41) is 4.06. The Hall–Kier alpha value is -2.62. The molecule has 0 radical (unpaired) electrons. The zero-order valence-electron chi connectivity index (χ0n) is 14.2. The van der Waals surface area contributed by atoms with Gasteiger partial charge in [0.15, 0.2) is 0 Å². The van der Waals surface area contributed by atoms with Crippen LogP contribution in [0.15, 0.2) is 58.6 Å². The Morgan fingerprint density at radius 2 is 1.74 bits per heavy atom. The van der Waals surface area contributed by atoms with Gasteiger partial charge in [-0.1, -0.05) is 63.2 Å². The Bertz CT molecular complexity index is 707. The first-order valence-corrected chi connectivity index (χ1v) is 7.62. The molecule has 0 bridgehead atoms. The number of nitrogens with two attached hydrogens (primary N) is 1. The van der Waals surface area contributed by atoms with Crippen molar-refractivity contribution in [2.24, 2.45) is 15.8 Å². The third-order valence-electron chi connectivity index (χ3n) is 3.60. The number of aliphatic imine (C=N–C) groups is 1. The molecule has 0 saturated heterocycles. The van der Waals surface area contributed by atoms with Crippen molar-refractivity contribution in [1.29, 1.82) is 0 Å². The van der Waals surface area contributed by atoms with Gasteiger partial charge in [-0.25, -0.2) is 5.43 Å². The smallest absolute Gasteiger partial charge is 0.209 e. The van der Waals surface area contributed by atoms with Crippen molar-refractivity contribution in [1.82, 2.24) is 5.43 Å². The number of benzene rings is 2. The van der Waals surface area contributed by atoms with Crippen LogP contribution in [-0.4, -0.2) is 19.2 Å². The topological polar surface area (TPSA) is 62.8 Å². The minimum atomic E-state index is 0.166. The lowest BCUT2D eigenvalue weighted by Crippen LogP contribution is -2.26. The molecule has 120 valence electrons. The molecule has 2 aromatic carbocycles. The van der Waals surface area contributed by atoms with E-state index in [0.29, 0.717) is 0 Å². The molecule has 0 fully saturated rings. The SMILES string of the molecule is CN=C(N)N/N=C/c1cccc(-c2ccc(C(C)(C)C)cc2)c1. The van der Waals surface area contributed by atoms with Crippen molar-refractivity contribution in [3.63, 3.8) is 0 Å². The second-order valence-corrected chi connectivity index (χ2v) is 6.43. The molecule has 2 rings (SSSR count). The maximum Gasteiger partial charge on any atom is 0.209 e. The molecule has 0 spiro atoms. The normalized spacial score (nSPS) is 12.6. The fourth-order valence-corrected chi connectivity index (χ4v) is 2.18. The minimum Gasteiger partial charge on any atom is -0.369 e. The number of nitrogens with one attached hydrogen (secondary N) is 1. The lowest BCUT2D eigenvalue weighted by molar-refractivity contribution is 0.590. The van der Waals surface area contributed by atoms with E-state index < -0.39 is 0 Å². The van der Waals surface area contributed by atoms with Gasteiger partial charge in [0, 0.05) is 7.05 Å². The number of hydrogen-bond donors (Lipinski definition) is 2. The van der Waals surface area contributed by atoms with Gasteiger partial charge in [-0.3, -0.25) is 4.99 Å². The summed E-state index contributed by atoms with van der Waals surface area (Å²) in [6.07, 6.45) is 1.73. The second kappa shape index (κ2) is 7.09. The third-order valence-corrected chi connectivity index (χ3v) is 3.60. The quantitative estimate of drug-likeness (QED) is 0.518. The first-order chi connectivity index (χ1) is 10.9. The third kappa shape index (κ3) is 4.68. The van der Waals surface area contributed by atoms with Gasteiger partial charge in [0.1, 0.15) is 0 Å². The average Bonchev–Trinajstić information content (AvgIpc) is 2.54. The van der Waals surface area contributed by atoms with Crippen LogP contribution in [0.25, 0.3) is 11.1 Å². The summed E-state index contributed by atoms with van der Waals surface area (Å²) in [4.78, 5) is 3.78. The Morgan fingerprint density at radius 3 is 2.35 bits per heavy atom. The predicted molar refractivity (Wildman–Crippen MR) is 98.9 cm³/mol. The van der Waals surface area contributed by atoms with Crippen LogP contribution in [0.4, 0.5) is 0 Å². The molecule has 0 aliphatic rings. The fraction of sp³-hybridized carbons (Fsp3) is 0.263. The highest BCUT2D eigenvalue weighted by Crippen LogP contribution is 2.26. The van der Waals surface area contributed by atoms with Crippen molar-refractivity contribution in [2.45, 2.75) is 26.2 Å². The molecule has 4 nitrogen and oxygen atoms in total. The van der Waals surface area contributed by atoms with Gasteiger partial charge in [-0.05, 0) is 33.7 Å². The Balaban J connectivity index is 2.19. The van der Waals surface area contributed by atoms with Gasteiger partial charge < -0.3 is 5.73 Å². The molecule has 3 N–H and O–H groups in total. The number of guanidine groups is 1. The maximum absolute atomic E-state index is 5.53. The minimum absolute atomic E-state index is 0.166. The predicted octanol–water partition coefficient (Wildman–Crippen LogP) is 3.52. The van der Waals surface area contributed by atoms with Crippen LogP contribution in [0.3, 0.4) is 0 Å². The Morgan fingerprint density at radius 1 is 1.04 bits per heavy atom. The molecular formula is C19H24N4. The highest BCUT2D eigenvalue weighted by atomic mass is 15.3. The van der Waals surface area contributed by atoms with E-state index in [4.69, 9.17) is 5.73 Å². The van der Waals surface area contributed by atoms with Crippen LogP contribution in [0.2, 0.25) is 0 Å². The molecule has 0 aliphatic heterocycles. The molecule has 2 aromatic rings. The lowest BCUT2D eigenvalue weighted by Gasteiger charge is -2.19. The van der Waals surface area contributed by atoms with E-state index in [1.54, 1.807) is 13.3 Å². The van der Waals surface area contributed by atoms with Crippen LogP contribution in [0.5, 0.6) is 0 Å². The summed E-state index contributed by atoms with van der Waals surface area (Å²) in [5.41, 5.74) is 13.0. The summed E-state index contributed by atoms with van der Waals surface area (Å²) in [7, 11) is 1.61. The second-order valence-electron chi connectivity index (χ2n) is 6.43. The molecule has 0 saturated carbocycles. The van der Waals surface area contributed by atoms with Crippen molar-refractivity contribution >= 4 is 12.2 Å². The largest absolute Gasteiger partial charge is 0.369 e. The molecule has 0 aliphatic carbocycles. The number of hydrazone groups is 1. The Labute approximate surface area is 138 Å². The fourth-order valence-electron chi connectivity index (χ4n) is 2.18. The van der Waals surface area contributed by atoms with E-state index in [2.05, 4.69) is 72.7 Å². The number of hydrogen-bond acceptors (Lipinski definition) is 2. The molecule has 23 heavy (non-hydrogen) atoms. The van der Waals surface area contributed by atoms with Crippen molar-refractivity contribution < 1.29 is 0 Å². The number of rotatable bonds is 3. The van der Waals surface area contributed by atoms with Crippen LogP contribution >= 0.6 is 0 Å². The van der Waals surface area contributed by atoms with Crippen LogP contribution in [0, 0.1) is 0 Å². The number of nitrogens with zero attached hydrogens (tertiary/aromatic N) is 2. The first kappa shape index (κ1) is 16.7. The van der Waals surface area contributed by atoms with E-state index in [1.165, 1.54) is 11.1 Å². The molecule has 0 atom stereocenters. The maximum atomic E-state index is 5.53. The molecule has 0 amide bonds. The first-order valence-electron chi connectivity index (χ1n) is 7.62. The molecule has 4 heteroatoms. The lowest BCUT2D eigenvalue weighted by atomic mass is 9.86. The Kier molecular flexibility index (Phi) is 5.16.